The maximum Gasteiger partial charge on any atom is 0.225 e. The number of nitrogens with zero attached hydrogens (tertiary/aromatic N) is 5. The molecule has 138 valence electrons. The Morgan fingerprint density at radius 2 is 1.93 bits per heavy atom. The van der Waals surface area contributed by atoms with Crippen LogP contribution in [0.25, 0.3) is 27.3 Å². The van der Waals surface area contributed by atoms with E-state index in [2.05, 4.69) is 20.3 Å². The van der Waals surface area contributed by atoms with Gasteiger partial charge < -0.3 is 16.0 Å². The number of benzene rings is 1. The third kappa shape index (κ3) is 3.49. The van der Waals surface area contributed by atoms with Gasteiger partial charge in [0.15, 0.2) is 5.65 Å². The summed E-state index contributed by atoms with van der Waals surface area (Å²) in [5.41, 5.74) is 8.75. The Morgan fingerprint density at radius 3 is 2.63 bits per heavy atom. The average Bonchev–Trinajstić information content (AvgIpc) is 3.30. The third-order valence-electron chi connectivity index (χ3n) is 4.17. The number of anilines is 2. The number of nitrogen functional groups attached to an aromatic ring is 1. The molecule has 0 aliphatic rings. The first-order valence-electron chi connectivity index (χ1n) is 8.67. The Labute approximate surface area is 161 Å². The Morgan fingerprint density at radius 1 is 1.11 bits per heavy atom. The molecule has 0 atom stereocenters. The maximum absolute atomic E-state index is 6.47. The van der Waals surface area contributed by atoms with Gasteiger partial charge >= 0.3 is 0 Å². The van der Waals surface area contributed by atoms with E-state index in [1.807, 2.05) is 61.9 Å². The SMILES string of the molecule is CN(C)CCNc1nc(-c2cccs2)c2c(N)n(-c3ccccc3)nc2n1. The van der Waals surface area contributed by atoms with Crippen molar-refractivity contribution in [3.8, 4) is 16.3 Å². The van der Waals surface area contributed by atoms with Crippen molar-refractivity contribution in [2.45, 2.75) is 0 Å². The number of para-hydroxylation sites is 1. The van der Waals surface area contributed by atoms with Crippen LogP contribution in [0.15, 0.2) is 47.8 Å². The van der Waals surface area contributed by atoms with E-state index >= 15 is 0 Å². The first kappa shape index (κ1) is 17.4. The summed E-state index contributed by atoms with van der Waals surface area (Å²) in [6.45, 7) is 1.63. The van der Waals surface area contributed by atoms with E-state index in [1.165, 1.54) is 0 Å². The van der Waals surface area contributed by atoms with Crippen molar-refractivity contribution >= 4 is 34.1 Å². The van der Waals surface area contributed by atoms with Gasteiger partial charge in [0.25, 0.3) is 0 Å². The monoisotopic (exact) mass is 379 g/mol. The molecule has 0 bridgehead atoms. The van der Waals surface area contributed by atoms with E-state index in [1.54, 1.807) is 16.0 Å². The van der Waals surface area contributed by atoms with Crippen molar-refractivity contribution in [1.82, 2.24) is 24.6 Å². The third-order valence-corrected chi connectivity index (χ3v) is 5.04. The van der Waals surface area contributed by atoms with Crippen LogP contribution in [0.5, 0.6) is 0 Å². The van der Waals surface area contributed by atoms with Crippen LogP contribution in [0.4, 0.5) is 11.8 Å². The van der Waals surface area contributed by atoms with Crippen LogP contribution in [0.3, 0.4) is 0 Å². The lowest BCUT2D eigenvalue weighted by atomic mass is 10.2. The number of hydrogen-bond acceptors (Lipinski definition) is 7. The van der Waals surface area contributed by atoms with Gasteiger partial charge in [0.2, 0.25) is 5.95 Å². The molecule has 1 aromatic carbocycles. The zero-order valence-corrected chi connectivity index (χ0v) is 16.1. The van der Waals surface area contributed by atoms with Crippen LogP contribution in [0.2, 0.25) is 0 Å². The van der Waals surface area contributed by atoms with Crippen molar-refractivity contribution < 1.29 is 0 Å². The van der Waals surface area contributed by atoms with Gasteiger partial charge in [-0.25, -0.2) is 9.67 Å². The summed E-state index contributed by atoms with van der Waals surface area (Å²) in [6, 6.07) is 13.9. The molecule has 8 heteroatoms. The van der Waals surface area contributed by atoms with Gasteiger partial charge in [-0.1, -0.05) is 24.3 Å². The minimum absolute atomic E-state index is 0.541. The lowest BCUT2D eigenvalue weighted by molar-refractivity contribution is 0.425. The van der Waals surface area contributed by atoms with Gasteiger partial charge in [-0.05, 0) is 37.7 Å². The lowest BCUT2D eigenvalue weighted by Gasteiger charge is -2.11. The molecule has 0 radical (unpaired) electrons. The maximum atomic E-state index is 6.47. The second-order valence-electron chi connectivity index (χ2n) is 6.43. The van der Waals surface area contributed by atoms with Crippen LogP contribution in [-0.4, -0.2) is 51.8 Å². The van der Waals surface area contributed by atoms with Gasteiger partial charge in [-0.15, -0.1) is 16.4 Å². The predicted octanol–water partition coefficient (Wildman–Crippen LogP) is 3.10. The van der Waals surface area contributed by atoms with Crippen molar-refractivity contribution in [2.75, 3.05) is 38.2 Å². The normalized spacial score (nSPS) is 11.4. The minimum Gasteiger partial charge on any atom is -0.383 e. The molecule has 27 heavy (non-hydrogen) atoms. The molecule has 0 saturated carbocycles. The second kappa shape index (κ2) is 7.34. The molecule has 3 heterocycles. The van der Waals surface area contributed by atoms with Crippen LogP contribution >= 0.6 is 11.3 Å². The molecule has 0 amide bonds. The minimum atomic E-state index is 0.541. The highest BCUT2D eigenvalue weighted by Crippen LogP contribution is 2.34. The molecular weight excluding hydrogens is 358 g/mol. The molecule has 0 unspecified atom stereocenters. The first-order valence-corrected chi connectivity index (χ1v) is 9.55. The molecule has 3 N–H and O–H groups in total. The van der Waals surface area contributed by atoms with Gasteiger partial charge in [0.05, 0.1) is 21.6 Å². The molecule has 4 rings (SSSR count). The predicted molar refractivity (Wildman–Crippen MR) is 111 cm³/mol. The molecule has 4 aromatic rings. The zero-order valence-electron chi connectivity index (χ0n) is 15.3. The fourth-order valence-electron chi connectivity index (χ4n) is 2.84. The van der Waals surface area contributed by atoms with Crippen LogP contribution < -0.4 is 11.1 Å². The summed E-state index contributed by atoms with van der Waals surface area (Å²) in [4.78, 5) is 12.5. The highest BCUT2D eigenvalue weighted by atomic mass is 32.1. The molecule has 7 nitrogen and oxygen atoms in total. The summed E-state index contributed by atoms with van der Waals surface area (Å²) >= 11 is 1.62. The fraction of sp³-hybridized carbons (Fsp3) is 0.211. The summed E-state index contributed by atoms with van der Waals surface area (Å²) in [5.74, 6) is 1.10. The largest absolute Gasteiger partial charge is 0.383 e. The van der Waals surface area contributed by atoms with Gasteiger partial charge in [0, 0.05) is 13.1 Å². The summed E-state index contributed by atoms with van der Waals surface area (Å²) in [5, 5.41) is 10.7. The molecule has 3 aromatic heterocycles. The number of hydrogen-bond donors (Lipinski definition) is 2. The quantitative estimate of drug-likeness (QED) is 0.535. The second-order valence-corrected chi connectivity index (χ2v) is 7.38. The van der Waals surface area contributed by atoms with E-state index < -0.39 is 0 Å². The summed E-state index contributed by atoms with van der Waals surface area (Å²) < 4.78 is 1.72. The first-order chi connectivity index (χ1) is 13.1. The number of nitrogens with two attached hydrogens (primary N) is 1. The standard InChI is InChI=1S/C19H21N7S/c1-25(2)11-10-21-19-22-16(14-9-6-12-27-14)15-17(20)26(24-18(15)23-19)13-7-4-3-5-8-13/h3-9,12H,10-11,20H2,1-2H3,(H,21,23,24). The Bertz CT molecular complexity index is 1040. The van der Waals surface area contributed by atoms with E-state index in [0.29, 0.717) is 17.4 Å². The van der Waals surface area contributed by atoms with E-state index in [9.17, 15) is 0 Å². The van der Waals surface area contributed by atoms with Crippen LogP contribution in [0.1, 0.15) is 0 Å². The number of nitrogens with one attached hydrogen (secondary N) is 1. The van der Waals surface area contributed by atoms with E-state index in [-0.39, 0.29) is 0 Å². The highest BCUT2D eigenvalue weighted by Gasteiger charge is 2.19. The van der Waals surface area contributed by atoms with Crippen molar-refractivity contribution in [1.29, 1.82) is 0 Å². The number of aromatic nitrogens is 4. The van der Waals surface area contributed by atoms with Crippen LogP contribution in [0, 0.1) is 0 Å². The molecule has 0 aliphatic heterocycles. The molecular formula is C19H21N7S. The van der Waals surface area contributed by atoms with Crippen LogP contribution in [-0.2, 0) is 0 Å². The number of thiophene rings is 1. The zero-order chi connectivity index (χ0) is 18.8. The number of likely N-dealkylation sites (N-methyl/N-ethyl adjacent to an activating group) is 1. The summed E-state index contributed by atoms with van der Waals surface area (Å²) in [6.07, 6.45) is 0. The molecule has 0 aliphatic carbocycles. The van der Waals surface area contributed by atoms with E-state index in [0.717, 1.165) is 34.7 Å². The van der Waals surface area contributed by atoms with Crippen molar-refractivity contribution in [3.05, 3.63) is 47.8 Å². The van der Waals surface area contributed by atoms with Crippen molar-refractivity contribution in [3.63, 3.8) is 0 Å². The topological polar surface area (TPSA) is 84.9 Å². The average molecular weight is 379 g/mol. The number of fused-ring (bicyclic) bond motifs is 1. The highest BCUT2D eigenvalue weighted by molar-refractivity contribution is 7.13. The van der Waals surface area contributed by atoms with E-state index in [4.69, 9.17) is 10.7 Å². The molecule has 0 saturated heterocycles. The Hall–Kier alpha value is -2.97. The van der Waals surface area contributed by atoms with Gasteiger partial charge in [0.1, 0.15) is 5.82 Å². The summed E-state index contributed by atoms with van der Waals surface area (Å²) in [7, 11) is 4.07. The Balaban J connectivity index is 1.84. The van der Waals surface area contributed by atoms with Crippen molar-refractivity contribution in [2.24, 2.45) is 0 Å². The molecule has 0 fully saturated rings. The van der Waals surface area contributed by atoms with Gasteiger partial charge in [-0.3, -0.25) is 0 Å². The number of rotatable bonds is 6. The fourth-order valence-corrected chi connectivity index (χ4v) is 3.56. The Kier molecular flexibility index (Phi) is 4.74. The van der Waals surface area contributed by atoms with Gasteiger partial charge in [-0.2, -0.15) is 4.98 Å². The lowest BCUT2D eigenvalue weighted by Crippen LogP contribution is -2.21. The molecule has 0 spiro atoms. The smallest absolute Gasteiger partial charge is 0.225 e.